The molecule has 5 nitrogen and oxygen atoms in total. The zero-order valence-electron chi connectivity index (χ0n) is 8.91. The molecule has 0 aliphatic carbocycles. The van der Waals surface area contributed by atoms with Gasteiger partial charge in [-0.25, -0.2) is 9.49 Å². The highest BCUT2D eigenvalue weighted by molar-refractivity contribution is 14.1. The third-order valence-corrected chi connectivity index (χ3v) is 3.21. The fourth-order valence-electron chi connectivity index (χ4n) is 1.26. The number of hydrogen-bond donors (Lipinski definition) is 2. The van der Waals surface area contributed by atoms with Gasteiger partial charge >= 0.3 is 0 Å². The molecule has 1 heterocycles. The van der Waals surface area contributed by atoms with Crippen LogP contribution in [0.2, 0.25) is 0 Å². The van der Waals surface area contributed by atoms with Crippen molar-refractivity contribution in [1.29, 1.82) is 0 Å². The predicted octanol–water partition coefficient (Wildman–Crippen LogP) is 1.77. The topological polar surface area (TPSA) is 74.8 Å². The van der Waals surface area contributed by atoms with Gasteiger partial charge in [0, 0.05) is 6.07 Å². The van der Waals surface area contributed by atoms with Gasteiger partial charge in [-0.1, -0.05) is 6.07 Å². The number of anilines is 1. The van der Waals surface area contributed by atoms with Crippen LogP contribution in [-0.2, 0) is 0 Å². The molecule has 0 spiro atoms. The van der Waals surface area contributed by atoms with E-state index < -0.39 is 17.3 Å². The van der Waals surface area contributed by atoms with Gasteiger partial charge in [-0.05, 0) is 40.8 Å². The maximum Gasteiger partial charge on any atom is 0.276 e. The first kappa shape index (κ1) is 12.7. The quantitative estimate of drug-likeness (QED) is 0.803. The van der Waals surface area contributed by atoms with E-state index in [-0.39, 0.29) is 5.69 Å². The number of hydrogen-bond acceptors (Lipinski definition) is 3. The number of carbonyl (C=O) groups excluding carboxylic acids is 1. The van der Waals surface area contributed by atoms with Crippen molar-refractivity contribution in [1.82, 2.24) is 10.2 Å². The highest BCUT2D eigenvalue weighted by Gasteiger charge is 2.11. The average Bonchev–Trinajstić information content (AvgIpc) is 2.36. The summed E-state index contributed by atoms with van der Waals surface area (Å²) in [4.78, 5) is 22.6. The summed E-state index contributed by atoms with van der Waals surface area (Å²) in [6.07, 6.45) is 0. The summed E-state index contributed by atoms with van der Waals surface area (Å²) < 4.78 is 13.6. The van der Waals surface area contributed by atoms with Gasteiger partial charge in [0.05, 0.1) is 9.26 Å². The van der Waals surface area contributed by atoms with Crippen molar-refractivity contribution in [2.75, 3.05) is 5.32 Å². The average molecular weight is 359 g/mol. The molecule has 0 saturated heterocycles. The van der Waals surface area contributed by atoms with Gasteiger partial charge in [-0.2, -0.15) is 5.10 Å². The van der Waals surface area contributed by atoms with Gasteiger partial charge in [0.1, 0.15) is 11.5 Å². The van der Waals surface area contributed by atoms with E-state index in [0.29, 0.717) is 9.26 Å². The van der Waals surface area contributed by atoms with E-state index in [0.717, 1.165) is 0 Å². The Morgan fingerprint density at radius 2 is 2.11 bits per heavy atom. The number of aromatic amines is 1. The van der Waals surface area contributed by atoms with Crippen LogP contribution in [-0.4, -0.2) is 16.1 Å². The van der Waals surface area contributed by atoms with Gasteiger partial charge < -0.3 is 5.32 Å². The van der Waals surface area contributed by atoms with E-state index in [4.69, 9.17) is 0 Å². The Labute approximate surface area is 115 Å². The second-order valence-corrected chi connectivity index (χ2v) is 4.44. The summed E-state index contributed by atoms with van der Waals surface area (Å²) >= 11 is 1.80. The van der Waals surface area contributed by atoms with Crippen LogP contribution >= 0.6 is 22.6 Å². The minimum atomic E-state index is -0.519. The van der Waals surface area contributed by atoms with Crippen molar-refractivity contribution in [2.24, 2.45) is 0 Å². The van der Waals surface area contributed by atoms with Crippen molar-refractivity contribution in [3.63, 3.8) is 0 Å². The number of amides is 1. The molecule has 0 unspecified atom stereocenters. The van der Waals surface area contributed by atoms with E-state index in [9.17, 15) is 14.0 Å². The first-order valence-electron chi connectivity index (χ1n) is 4.89. The lowest BCUT2D eigenvalue weighted by molar-refractivity contribution is 0.102. The number of halogens is 2. The van der Waals surface area contributed by atoms with Crippen LogP contribution in [0.3, 0.4) is 0 Å². The van der Waals surface area contributed by atoms with Crippen LogP contribution in [0.25, 0.3) is 0 Å². The van der Waals surface area contributed by atoms with Gasteiger partial charge in [-0.3, -0.25) is 9.59 Å². The van der Waals surface area contributed by atoms with Crippen molar-refractivity contribution >= 4 is 34.2 Å². The second-order valence-electron chi connectivity index (χ2n) is 3.36. The lowest BCUT2D eigenvalue weighted by atomic mass is 10.3. The number of aromatic nitrogens is 2. The largest absolute Gasteiger partial charge is 0.320 e. The van der Waals surface area contributed by atoms with Crippen LogP contribution in [0.15, 0.2) is 35.1 Å². The molecule has 7 heteroatoms. The second kappa shape index (κ2) is 5.25. The monoisotopic (exact) mass is 359 g/mol. The maximum absolute atomic E-state index is 13.3. The molecule has 0 aliphatic heterocycles. The lowest BCUT2D eigenvalue weighted by Crippen LogP contribution is -2.18. The van der Waals surface area contributed by atoms with E-state index in [1.807, 2.05) is 0 Å². The molecule has 92 valence electrons. The van der Waals surface area contributed by atoms with Gasteiger partial charge in [0.2, 0.25) is 0 Å². The standard InChI is InChI=1S/C11H7FIN3O2/c12-6-2-1-3-7(10(6)13)14-11(18)8-4-5-9(17)16-15-8/h1-5H,(H,14,18)(H,16,17). The molecule has 0 bridgehead atoms. The summed E-state index contributed by atoms with van der Waals surface area (Å²) in [5.41, 5.74) is 0.00940. The third-order valence-electron chi connectivity index (χ3n) is 2.11. The Morgan fingerprint density at radius 1 is 1.33 bits per heavy atom. The number of benzene rings is 1. The highest BCUT2D eigenvalue weighted by atomic mass is 127. The van der Waals surface area contributed by atoms with Crippen LogP contribution in [0.1, 0.15) is 10.5 Å². The molecule has 2 N–H and O–H groups in total. The molecule has 2 aromatic rings. The van der Waals surface area contributed by atoms with Gasteiger partial charge in [0.15, 0.2) is 0 Å². The van der Waals surface area contributed by atoms with Crippen LogP contribution in [0, 0.1) is 9.39 Å². The molecule has 0 aliphatic rings. The molecule has 1 aromatic carbocycles. The van der Waals surface area contributed by atoms with Crippen LogP contribution < -0.4 is 10.9 Å². The Hall–Kier alpha value is -1.77. The molecular formula is C11H7FIN3O2. The first-order valence-corrected chi connectivity index (χ1v) is 5.97. The van der Waals surface area contributed by atoms with Crippen molar-refractivity contribution in [2.45, 2.75) is 0 Å². The first-order chi connectivity index (χ1) is 8.58. The molecule has 0 saturated carbocycles. The smallest absolute Gasteiger partial charge is 0.276 e. The molecular weight excluding hydrogens is 352 g/mol. The zero-order chi connectivity index (χ0) is 13.1. The van der Waals surface area contributed by atoms with Crippen molar-refractivity contribution in [3.8, 4) is 0 Å². The number of nitrogens with one attached hydrogen (secondary N) is 2. The molecule has 0 radical (unpaired) electrons. The van der Waals surface area contributed by atoms with Crippen molar-refractivity contribution < 1.29 is 9.18 Å². The molecule has 0 atom stereocenters. The Bertz CT molecular complexity index is 636. The van der Waals surface area contributed by atoms with Crippen LogP contribution in [0.4, 0.5) is 10.1 Å². The van der Waals surface area contributed by atoms with E-state index in [1.165, 1.54) is 24.3 Å². The van der Waals surface area contributed by atoms with E-state index >= 15 is 0 Å². The number of rotatable bonds is 2. The normalized spacial score (nSPS) is 10.1. The lowest BCUT2D eigenvalue weighted by Gasteiger charge is -2.06. The molecule has 18 heavy (non-hydrogen) atoms. The predicted molar refractivity (Wildman–Crippen MR) is 71.9 cm³/mol. The summed E-state index contributed by atoms with van der Waals surface area (Å²) in [6.45, 7) is 0. The SMILES string of the molecule is O=C(Nc1cccc(F)c1I)c1ccc(=O)[nH]n1. The van der Waals surface area contributed by atoms with Crippen molar-refractivity contribution in [3.05, 3.63) is 55.8 Å². The number of nitrogens with zero attached hydrogens (tertiary/aromatic N) is 1. The minimum Gasteiger partial charge on any atom is -0.320 e. The zero-order valence-corrected chi connectivity index (χ0v) is 11.1. The maximum atomic E-state index is 13.3. The summed E-state index contributed by atoms with van der Waals surface area (Å²) in [5.74, 6) is -0.933. The summed E-state index contributed by atoms with van der Waals surface area (Å²) in [5, 5.41) is 8.25. The molecule has 2 rings (SSSR count). The van der Waals surface area contributed by atoms with E-state index in [2.05, 4.69) is 15.5 Å². The fourth-order valence-corrected chi connectivity index (χ4v) is 1.75. The van der Waals surface area contributed by atoms with E-state index in [1.54, 1.807) is 28.7 Å². The number of H-pyrrole nitrogens is 1. The van der Waals surface area contributed by atoms with Gasteiger partial charge in [-0.15, -0.1) is 0 Å². The van der Waals surface area contributed by atoms with Gasteiger partial charge in [0.25, 0.3) is 11.5 Å². The molecule has 1 aromatic heterocycles. The fraction of sp³-hybridized carbons (Fsp3) is 0. The summed E-state index contributed by atoms with van der Waals surface area (Å²) in [6, 6.07) is 6.86. The summed E-state index contributed by atoms with van der Waals surface area (Å²) in [7, 11) is 0. The molecule has 0 fully saturated rings. The highest BCUT2D eigenvalue weighted by Crippen LogP contribution is 2.21. The van der Waals surface area contributed by atoms with Crippen LogP contribution in [0.5, 0.6) is 0 Å². The minimum absolute atomic E-state index is 0.0506. The Morgan fingerprint density at radius 3 is 2.78 bits per heavy atom. The third kappa shape index (κ3) is 2.73. The number of carbonyl (C=O) groups is 1. The molecule has 1 amide bonds. The Balaban J connectivity index is 2.24. The Kier molecular flexibility index (Phi) is 3.70.